The third-order valence-corrected chi connectivity index (χ3v) is 3.06. The molecule has 0 bridgehead atoms. The van der Waals surface area contributed by atoms with E-state index < -0.39 is 4.32 Å². The van der Waals surface area contributed by atoms with Crippen LogP contribution in [0.25, 0.3) is 0 Å². The van der Waals surface area contributed by atoms with Crippen molar-refractivity contribution in [2.45, 2.75) is 17.2 Å². The Morgan fingerprint density at radius 1 is 1.55 bits per heavy atom. The van der Waals surface area contributed by atoms with Crippen LogP contribution in [0.1, 0.15) is 12.8 Å². The molecule has 0 amide bonds. The number of nitrogens with one attached hydrogen (secondary N) is 1. The van der Waals surface area contributed by atoms with E-state index >= 15 is 0 Å². The van der Waals surface area contributed by atoms with Gasteiger partial charge in [0.2, 0.25) is 0 Å². The standard InChI is InChI=1S/C7H12BrNO2/c1-11-6(10)7(8)2-4-9-5-3-7/h9H,2-5H2,1H3. The summed E-state index contributed by atoms with van der Waals surface area (Å²) in [6.45, 7) is 1.75. The molecular weight excluding hydrogens is 210 g/mol. The van der Waals surface area contributed by atoms with Crippen LogP contribution < -0.4 is 5.32 Å². The zero-order chi connectivity index (χ0) is 8.32. The topological polar surface area (TPSA) is 38.3 Å². The van der Waals surface area contributed by atoms with E-state index in [0.717, 1.165) is 25.9 Å². The van der Waals surface area contributed by atoms with Crippen LogP contribution in [0.5, 0.6) is 0 Å². The minimum absolute atomic E-state index is 0.154. The molecule has 1 fully saturated rings. The fourth-order valence-corrected chi connectivity index (χ4v) is 1.77. The normalized spacial score (nSPS) is 22.7. The Hall–Kier alpha value is -0.0900. The second-order valence-corrected chi connectivity index (χ2v) is 4.22. The molecule has 11 heavy (non-hydrogen) atoms. The zero-order valence-electron chi connectivity index (χ0n) is 6.52. The van der Waals surface area contributed by atoms with Crippen molar-refractivity contribution in [3.05, 3.63) is 0 Å². The SMILES string of the molecule is COC(=O)C1(Br)CCNCC1. The molecule has 0 unspecified atom stereocenters. The molecule has 1 aliphatic heterocycles. The molecule has 4 heteroatoms. The molecule has 0 aromatic rings. The number of hydrogen-bond donors (Lipinski definition) is 1. The number of ether oxygens (including phenoxy) is 1. The van der Waals surface area contributed by atoms with Crippen LogP contribution in [0.4, 0.5) is 0 Å². The molecule has 1 heterocycles. The quantitative estimate of drug-likeness (QED) is 0.523. The van der Waals surface area contributed by atoms with Crippen molar-refractivity contribution in [1.82, 2.24) is 5.32 Å². The first-order chi connectivity index (χ1) is 5.19. The fourth-order valence-electron chi connectivity index (χ4n) is 1.21. The number of rotatable bonds is 1. The molecule has 3 nitrogen and oxygen atoms in total. The van der Waals surface area contributed by atoms with E-state index in [1.807, 2.05) is 0 Å². The van der Waals surface area contributed by atoms with Gasteiger partial charge in [-0.25, -0.2) is 0 Å². The Balaban J connectivity index is 2.56. The number of carbonyl (C=O) groups is 1. The lowest BCUT2D eigenvalue weighted by Crippen LogP contribution is -2.43. The zero-order valence-corrected chi connectivity index (χ0v) is 8.11. The van der Waals surface area contributed by atoms with Crippen molar-refractivity contribution >= 4 is 21.9 Å². The van der Waals surface area contributed by atoms with Gasteiger partial charge in [0.15, 0.2) is 0 Å². The Labute approximate surface area is 74.6 Å². The average Bonchev–Trinajstić information content (AvgIpc) is 2.04. The van der Waals surface area contributed by atoms with Crippen molar-refractivity contribution < 1.29 is 9.53 Å². The molecule has 1 N–H and O–H groups in total. The van der Waals surface area contributed by atoms with E-state index in [9.17, 15) is 4.79 Å². The first kappa shape index (κ1) is 9.00. The number of alkyl halides is 1. The van der Waals surface area contributed by atoms with Crippen molar-refractivity contribution in [3.63, 3.8) is 0 Å². The van der Waals surface area contributed by atoms with Crippen LogP contribution in [0.2, 0.25) is 0 Å². The highest BCUT2D eigenvalue weighted by molar-refractivity contribution is 9.10. The predicted molar refractivity (Wildman–Crippen MR) is 45.8 cm³/mol. The minimum atomic E-state index is -0.424. The summed E-state index contributed by atoms with van der Waals surface area (Å²) in [7, 11) is 1.42. The van der Waals surface area contributed by atoms with Crippen LogP contribution in [0.15, 0.2) is 0 Å². The lowest BCUT2D eigenvalue weighted by Gasteiger charge is -2.28. The maximum Gasteiger partial charge on any atom is 0.322 e. The van der Waals surface area contributed by atoms with Gasteiger partial charge in [-0.3, -0.25) is 4.79 Å². The van der Waals surface area contributed by atoms with Gasteiger partial charge in [-0.05, 0) is 25.9 Å². The summed E-state index contributed by atoms with van der Waals surface area (Å²) >= 11 is 3.41. The maximum absolute atomic E-state index is 11.2. The maximum atomic E-state index is 11.2. The molecule has 1 saturated heterocycles. The summed E-state index contributed by atoms with van der Waals surface area (Å²) in [5.41, 5.74) is 0. The van der Waals surface area contributed by atoms with E-state index in [4.69, 9.17) is 0 Å². The first-order valence-corrected chi connectivity index (χ1v) is 4.46. The third kappa shape index (κ3) is 1.93. The second-order valence-electron chi connectivity index (χ2n) is 2.71. The molecule has 1 rings (SSSR count). The van der Waals surface area contributed by atoms with Crippen molar-refractivity contribution in [2.75, 3.05) is 20.2 Å². The minimum Gasteiger partial charge on any atom is -0.468 e. The predicted octanol–water partition coefficient (Wildman–Crippen LogP) is 0.676. The van der Waals surface area contributed by atoms with Crippen LogP contribution >= 0.6 is 15.9 Å². The lowest BCUT2D eigenvalue weighted by atomic mass is 9.98. The van der Waals surface area contributed by atoms with Gasteiger partial charge in [-0.15, -0.1) is 0 Å². The van der Waals surface area contributed by atoms with Gasteiger partial charge in [0.1, 0.15) is 4.32 Å². The van der Waals surface area contributed by atoms with Gasteiger partial charge in [-0.2, -0.15) is 0 Å². The van der Waals surface area contributed by atoms with Gasteiger partial charge >= 0.3 is 5.97 Å². The highest BCUT2D eigenvalue weighted by Crippen LogP contribution is 2.29. The Kier molecular flexibility index (Phi) is 2.90. The van der Waals surface area contributed by atoms with Crippen LogP contribution in [-0.4, -0.2) is 30.5 Å². The van der Waals surface area contributed by atoms with Crippen LogP contribution in [-0.2, 0) is 9.53 Å². The van der Waals surface area contributed by atoms with E-state index in [1.165, 1.54) is 7.11 Å². The van der Waals surface area contributed by atoms with Crippen molar-refractivity contribution in [1.29, 1.82) is 0 Å². The van der Waals surface area contributed by atoms with Gasteiger partial charge in [-0.1, -0.05) is 15.9 Å². The molecule has 0 aromatic carbocycles. The summed E-state index contributed by atoms with van der Waals surface area (Å²) in [5.74, 6) is -0.154. The number of piperidine rings is 1. The van der Waals surface area contributed by atoms with Crippen molar-refractivity contribution in [2.24, 2.45) is 0 Å². The highest BCUT2D eigenvalue weighted by Gasteiger charge is 2.37. The lowest BCUT2D eigenvalue weighted by molar-refractivity contribution is -0.144. The second kappa shape index (κ2) is 3.54. The molecule has 0 radical (unpaired) electrons. The van der Waals surface area contributed by atoms with E-state index in [0.29, 0.717) is 0 Å². The molecule has 0 spiro atoms. The smallest absolute Gasteiger partial charge is 0.322 e. The number of hydrogen-bond acceptors (Lipinski definition) is 3. The highest BCUT2D eigenvalue weighted by atomic mass is 79.9. The molecular formula is C7H12BrNO2. The molecule has 0 atom stereocenters. The Morgan fingerprint density at radius 3 is 2.55 bits per heavy atom. The Morgan fingerprint density at radius 2 is 2.09 bits per heavy atom. The van der Waals surface area contributed by atoms with Gasteiger partial charge in [0.05, 0.1) is 7.11 Å². The van der Waals surface area contributed by atoms with Crippen LogP contribution in [0.3, 0.4) is 0 Å². The number of halogens is 1. The van der Waals surface area contributed by atoms with Gasteiger partial charge < -0.3 is 10.1 Å². The summed E-state index contributed by atoms with van der Waals surface area (Å²) in [4.78, 5) is 11.2. The molecule has 64 valence electrons. The van der Waals surface area contributed by atoms with E-state index in [-0.39, 0.29) is 5.97 Å². The largest absolute Gasteiger partial charge is 0.468 e. The van der Waals surface area contributed by atoms with Gasteiger partial charge in [0.25, 0.3) is 0 Å². The number of esters is 1. The van der Waals surface area contributed by atoms with E-state index in [1.54, 1.807) is 0 Å². The molecule has 1 aliphatic rings. The van der Waals surface area contributed by atoms with E-state index in [2.05, 4.69) is 26.0 Å². The molecule has 0 saturated carbocycles. The summed E-state index contributed by atoms with van der Waals surface area (Å²) in [6, 6.07) is 0. The summed E-state index contributed by atoms with van der Waals surface area (Å²) in [6.07, 6.45) is 1.61. The molecule has 0 aliphatic carbocycles. The monoisotopic (exact) mass is 221 g/mol. The summed E-state index contributed by atoms with van der Waals surface area (Å²) in [5, 5.41) is 3.18. The average molecular weight is 222 g/mol. The summed E-state index contributed by atoms with van der Waals surface area (Å²) < 4.78 is 4.26. The first-order valence-electron chi connectivity index (χ1n) is 3.67. The Bertz CT molecular complexity index is 155. The molecule has 0 aromatic heterocycles. The number of carbonyl (C=O) groups excluding carboxylic acids is 1. The van der Waals surface area contributed by atoms with Gasteiger partial charge in [0, 0.05) is 0 Å². The number of methoxy groups -OCH3 is 1. The third-order valence-electron chi connectivity index (χ3n) is 1.95. The van der Waals surface area contributed by atoms with Crippen molar-refractivity contribution in [3.8, 4) is 0 Å². The fraction of sp³-hybridized carbons (Fsp3) is 0.857. The van der Waals surface area contributed by atoms with Crippen LogP contribution in [0, 0.1) is 0 Å².